The van der Waals surface area contributed by atoms with E-state index in [1.807, 2.05) is 0 Å². The first-order valence-electron chi connectivity index (χ1n) is 11.4. The molecule has 0 bridgehead atoms. The van der Waals surface area contributed by atoms with E-state index in [1.165, 1.54) is 71.4 Å². The van der Waals surface area contributed by atoms with Gasteiger partial charge in [-0.05, 0) is 74.2 Å². The fourth-order valence-corrected chi connectivity index (χ4v) is 5.97. The van der Waals surface area contributed by atoms with Gasteiger partial charge in [0.1, 0.15) is 0 Å². The number of hydrogen-bond acceptors (Lipinski definition) is 3. The smallest absolute Gasteiger partial charge is 0.0481 e. The van der Waals surface area contributed by atoms with Crippen LogP contribution < -0.4 is 5.32 Å². The van der Waals surface area contributed by atoms with E-state index in [-0.39, 0.29) is 0 Å². The highest BCUT2D eigenvalue weighted by molar-refractivity contribution is 5.33. The van der Waals surface area contributed by atoms with Gasteiger partial charge in [-0.25, -0.2) is 0 Å². The summed E-state index contributed by atoms with van der Waals surface area (Å²) in [4.78, 5) is 5.61. The van der Waals surface area contributed by atoms with Crippen molar-refractivity contribution in [3.63, 3.8) is 0 Å². The van der Waals surface area contributed by atoms with E-state index in [0.29, 0.717) is 17.4 Å². The minimum absolute atomic E-state index is 0.577. The Balaban J connectivity index is 1.55. The predicted octanol–water partition coefficient (Wildman–Crippen LogP) is 4.41. The SMILES string of the molecule is CCCN1CCN(C2CC3(CCNCC3)C2)C(c2ccccc2C(C)C)C1. The van der Waals surface area contributed by atoms with Crippen LogP contribution in [0.2, 0.25) is 0 Å². The van der Waals surface area contributed by atoms with Crippen molar-refractivity contribution in [3.05, 3.63) is 35.4 Å². The maximum Gasteiger partial charge on any atom is 0.0481 e. The molecule has 1 aromatic rings. The van der Waals surface area contributed by atoms with Crippen molar-refractivity contribution >= 4 is 0 Å². The number of hydrogen-bond donors (Lipinski definition) is 1. The average Bonchev–Trinajstić information content (AvgIpc) is 2.67. The maximum atomic E-state index is 3.56. The number of rotatable bonds is 5. The van der Waals surface area contributed by atoms with E-state index in [1.54, 1.807) is 11.1 Å². The molecule has 2 aliphatic heterocycles. The number of benzene rings is 1. The van der Waals surface area contributed by atoms with E-state index in [2.05, 4.69) is 60.2 Å². The van der Waals surface area contributed by atoms with Crippen LogP contribution in [0.4, 0.5) is 0 Å². The van der Waals surface area contributed by atoms with Gasteiger partial charge in [-0.2, -0.15) is 0 Å². The molecule has 1 aromatic carbocycles. The number of piperazine rings is 1. The second-order valence-corrected chi connectivity index (χ2v) is 9.65. The highest BCUT2D eigenvalue weighted by Crippen LogP contribution is 2.51. The van der Waals surface area contributed by atoms with Crippen LogP contribution in [-0.2, 0) is 0 Å². The lowest BCUT2D eigenvalue weighted by molar-refractivity contribution is -0.0638. The lowest BCUT2D eigenvalue weighted by Gasteiger charge is -2.57. The topological polar surface area (TPSA) is 18.5 Å². The van der Waals surface area contributed by atoms with Crippen LogP contribution in [0.5, 0.6) is 0 Å². The third-order valence-corrected chi connectivity index (χ3v) is 7.49. The highest BCUT2D eigenvalue weighted by Gasteiger charge is 2.48. The van der Waals surface area contributed by atoms with E-state index in [9.17, 15) is 0 Å². The van der Waals surface area contributed by atoms with Crippen molar-refractivity contribution in [2.45, 2.75) is 70.9 Å². The van der Waals surface area contributed by atoms with Crippen LogP contribution in [0.3, 0.4) is 0 Å². The summed E-state index contributed by atoms with van der Waals surface area (Å²) in [5, 5.41) is 3.56. The molecule has 1 atom stereocenters. The van der Waals surface area contributed by atoms with Gasteiger partial charge in [0.2, 0.25) is 0 Å². The minimum atomic E-state index is 0.577. The van der Waals surface area contributed by atoms with Crippen LogP contribution >= 0.6 is 0 Å². The first-order chi connectivity index (χ1) is 13.1. The molecule has 0 aromatic heterocycles. The molecule has 0 amide bonds. The number of nitrogens with zero attached hydrogens (tertiary/aromatic N) is 2. The van der Waals surface area contributed by atoms with Gasteiger partial charge in [0.25, 0.3) is 0 Å². The molecular weight excluding hydrogens is 330 g/mol. The normalized spacial score (nSPS) is 27.2. The fourth-order valence-electron chi connectivity index (χ4n) is 5.97. The molecule has 1 saturated carbocycles. The Hall–Kier alpha value is -0.900. The van der Waals surface area contributed by atoms with E-state index >= 15 is 0 Å². The highest BCUT2D eigenvalue weighted by atomic mass is 15.3. The summed E-state index contributed by atoms with van der Waals surface area (Å²) in [5.74, 6) is 0.599. The summed E-state index contributed by atoms with van der Waals surface area (Å²) in [6.45, 7) is 14.4. The summed E-state index contributed by atoms with van der Waals surface area (Å²) in [6, 6.07) is 10.6. The Bertz CT molecular complexity index is 612. The maximum absolute atomic E-state index is 3.56. The zero-order chi connectivity index (χ0) is 18.9. The van der Waals surface area contributed by atoms with E-state index < -0.39 is 0 Å². The molecule has 150 valence electrons. The van der Waals surface area contributed by atoms with Crippen molar-refractivity contribution in [1.29, 1.82) is 0 Å². The summed E-state index contributed by atoms with van der Waals surface area (Å²) < 4.78 is 0. The minimum Gasteiger partial charge on any atom is -0.317 e. The average molecular weight is 370 g/mol. The molecule has 3 aliphatic rings. The third kappa shape index (κ3) is 3.97. The second-order valence-electron chi connectivity index (χ2n) is 9.65. The van der Waals surface area contributed by atoms with Gasteiger partial charge < -0.3 is 10.2 Å². The monoisotopic (exact) mass is 369 g/mol. The molecule has 2 heterocycles. The predicted molar refractivity (Wildman–Crippen MR) is 114 cm³/mol. The first-order valence-corrected chi connectivity index (χ1v) is 11.4. The molecule has 3 heteroatoms. The molecule has 1 N–H and O–H groups in total. The Morgan fingerprint density at radius 1 is 1.11 bits per heavy atom. The van der Waals surface area contributed by atoms with Gasteiger partial charge in [0.05, 0.1) is 0 Å². The van der Waals surface area contributed by atoms with Crippen LogP contribution in [-0.4, -0.2) is 55.1 Å². The quantitative estimate of drug-likeness (QED) is 0.829. The Kier molecular flexibility index (Phi) is 5.92. The third-order valence-electron chi connectivity index (χ3n) is 7.49. The summed E-state index contributed by atoms with van der Waals surface area (Å²) in [6.07, 6.45) is 6.92. The first kappa shape index (κ1) is 19.4. The number of nitrogens with one attached hydrogen (secondary N) is 1. The zero-order valence-corrected chi connectivity index (χ0v) is 17.7. The standard InChI is InChI=1S/C24H39N3/c1-4-13-26-14-15-27(20-16-24(17-20)9-11-25-12-10-24)23(18-26)22-8-6-5-7-21(22)19(2)3/h5-8,19-20,23,25H,4,9-18H2,1-3H3. The molecule has 1 spiro atoms. The molecule has 4 rings (SSSR count). The fraction of sp³-hybridized carbons (Fsp3) is 0.750. The van der Waals surface area contributed by atoms with Gasteiger partial charge in [-0.1, -0.05) is 45.0 Å². The molecule has 3 fully saturated rings. The van der Waals surface area contributed by atoms with Gasteiger partial charge in [-0.3, -0.25) is 4.90 Å². The number of piperidine rings is 1. The molecule has 0 radical (unpaired) electrons. The van der Waals surface area contributed by atoms with Gasteiger partial charge in [0, 0.05) is 31.7 Å². The van der Waals surface area contributed by atoms with Gasteiger partial charge in [-0.15, -0.1) is 0 Å². The van der Waals surface area contributed by atoms with Crippen LogP contribution in [0, 0.1) is 5.41 Å². The van der Waals surface area contributed by atoms with Crippen LogP contribution in [0.1, 0.15) is 76.0 Å². The lowest BCUT2D eigenvalue weighted by Crippen LogP contribution is -2.59. The molecule has 1 unspecified atom stereocenters. The summed E-state index contributed by atoms with van der Waals surface area (Å²) >= 11 is 0. The van der Waals surface area contributed by atoms with Crippen molar-refractivity contribution in [1.82, 2.24) is 15.1 Å². The Morgan fingerprint density at radius 2 is 1.85 bits per heavy atom. The van der Waals surface area contributed by atoms with Crippen molar-refractivity contribution < 1.29 is 0 Å². The molecular formula is C24H39N3. The summed E-state index contributed by atoms with van der Waals surface area (Å²) in [7, 11) is 0. The summed E-state index contributed by atoms with van der Waals surface area (Å²) in [5.41, 5.74) is 3.82. The van der Waals surface area contributed by atoms with Gasteiger partial charge in [0.15, 0.2) is 0 Å². The largest absolute Gasteiger partial charge is 0.317 e. The second kappa shape index (κ2) is 8.23. The van der Waals surface area contributed by atoms with E-state index in [0.717, 1.165) is 6.04 Å². The lowest BCUT2D eigenvalue weighted by atomic mass is 9.60. The van der Waals surface area contributed by atoms with Gasteiger partial charge >= 0.3 is 0 Å². The van der Waals surface area contributed by atoms with Crippen molar-refractivity contribution in [2.24, 2.45) is 5.41 Å². The Morgan fingerprint density at radius 3 is 2.56 bits per heavy atom. The van der Waals surface area contributed by atoms with Crippen LogP contribution in [0.25, 0.3) is 0 Å². The molecule has 1 aliphatic carbocycles. The molecule has 3 nitrogen and oxygen atoms in total. The van der Waals surface area contributed by atoms with Crippen LogP contribution in [0.15, 0.2) is 24.3 Å². The molecule has 27 heavy (non-hydrogen) atoms. The Labute approximate surface area is 166 Å². The van der Waals surface area contributed by atoms with Crippen molar-refractivity contribution in [3.8, 4) is 0 Å². The van der Waals surface area contributed by atoms with E-state index in [4.69, 9.17) is 0 Å². The zero-order valence-electron chi connectivity index (χ0n) is 17.7. The van der Waals surface area contributed by atoms with Crippen molar-refractivity contribution in [2.75, 3.05) is 39.3 Å². The molecule has 2 saturated heterocycles.